The molecule has 1 aliphatic rings. The number of nitrogens with zero attached hydrogens (tertiary/aromatic N) is 2. The molecular formula is C15H21N3O3. The van der Waals surface area contributed by atoms with Crippen molar-refractivity contribution < 1.29 is 9.72 Å². The summed E-state index contributed by atoms with van der Waals surface area (Å²) in [5.41, 5.74) is 6.59. The van der Waals surface area contributed by atoms with Crippen LogP contribution in [-0.4, -0.2) is 34.9 Å². The lowest BCUT2D eigenvalue weighted by Crippen LogP contribution is -2.49. The van der Waals surface area contributed by atoms with Crippen molar-refractivity contribution in [1.82, 2.24) is 4.90 Å². The fourth-order valence-corrected chi connectivity index (χ4v) is 2.95. The number of hydrogen-bond acceptors (Lipinski definition) is 4. The first-order valence-corrected chi connectivity index (χ1v) is 7.20. The molecule has 21 heavy (non-hydrogen) atoms. The van der Waals surface area contributed by atoms with Gasteiger partial charge in [0.2, 0.25) is 0 Å². The fraction of sp³-hybridized carbons (Fsp3) is 0.533. The Hall–Kier alpha value is -1.95. The molecule has 114 valence electrons. The van der Waals surface area contributed by atoms with Crippen LogP contribution in [0.1, 0.15) is 35.7 Å². The summed E-state index contributed by atoms with van der Waals surface area (Å²) >= 11 is 0. The number of likely N-dealkylation sites (tertiary alicyclic amines) is 1. The minimum Gasteiger partial charge on any atom is -0.334 e. The molecule has 2 atom stereocenters. The van der Waals surface area contributed by atoms with E-state index in [9.17, 15) is 14.9 Å². The highest BCUT2D eigenvalue weighted by Gasteiger charge is 2.31. The molecule has 0 spiro atoms. The molecule has 1 saturated heterocycles. The third kappa shape index (κ3) is 3.05. The lowest BCUT2D eigenvalue weighted by atomic mass is 9.91. The van der Waals surface area contributed by atoms with Crippen LogP contribution in [-0.2, 0) is 0 Å². The van der Waals surface area contributed by atoms with Gasteiger partial charge < -0.3 is 10.6 Å². The summed E-state index contributed by atoms with van der Waals surface area (Å²) in [7, 11) is 0. The topological polar surface area (TPSA) is 89.5 Å². The summed E-state index contributed by atoms with van der Waals surface area (Å²) < 4.78 is 0. The molecule has 0 aromatic heterocycles. The van der Waals surface area contributed by atoms with Crippen molar-refractivity contribution in [3.05, 3.63) is 39.4 Å². The van der Waals surface area contributed by atoms with Gasteiger partial charge in [-0.05, 0) is 31.7 Å². The van der Waals surface area contributed by atoms with E-state index in [-0.39, 0.29) is 17.6 Å². The molecule has 2 unspecified atom stereocenters. The molecule has 1 aromatic rings. The summed E-state index contributed by atoms with van der Waals surface area (Å²) in [5.74, 6) is 0.396. The molecule has 0 saturated carbocycles. The molecule has 0 bridgehead atoms. The molecule has 0 aliphatic carbocycles. The Kier molecular flexibility index (Phi) is 4.57. The van der Waals surface area contributed by atoms with Crippen molar-refractivity contribution >= 4 is 11.6 Å². The van der Waals surface area contributed by atoms with Gasteiger partial charge in [0.05, 0.1) is 4.92 Å². The summed E-state index contributed by atoms with van der Waals surface area (Å²) in [6.45, 7) is 4.85. The largest absolute Gasteiger partial charge is 0.334 e. The van der Waals surface area contributed by atoms with Crippen LogP contribution in [0, 0.1) is 23.0 Å². The van der Waals surface area contributed by atoms with E-state index < -0.39 is 4.92 Å². The average Bonchev–Trinajstić information content (AvgIpc) is 2.46. The molecule has 6 nitrogen and oxygen atoms in total. The summed E-state index contributed by atoms with van der Waals surface area (Å²) in [4.78, 5) is 25.0. The normalized spacial score (nSPS) is 22.1. The molecule has 6 heteroatoms. The summed E-state index contributed by atoms with van der Waals surface area (Å²) in [6, 6.07) is 4.64. The van der Waals surface area contributed by atoms with Gasteiger partial charge in [-0.3, -0.25) is 14.9 Å². The van der Waals surface area contributed by atoms with E-state index in [1.54, 1.807) is 24.0 Å². The van der Waals surface area contributed by atoms with Gasteiger partial charge in [0.1, 0.15) is 0 Å². The zero-order valence-corrected chi connectivity index (χ0v) is 12.4. The zero-order chi connectivity index (χ0) is 15.6. The van der Waals surface area contributed by atoms with Crippen LogP contribution in [0.3, 0.4) is 0 Å². The van der Waals surface area contributed by atoms with Crippen LogP contribution < -0.4 is 5.73 Å². The van der Waals surface area contributed by atoms with Crippen LogP contribution in [0.15, 0.2) is 18.2 Å². The Balaban J connectivity index is 2.31. The number of rotatable bonds is 3. The highest BCUT2D eigenvalue weighted by atomic mass is 16.6. The van der Waals surface area contributed by atoms with Gasteiger partial charge in [-0.1, -0.05) is 13.0 Å². The monoisotopic (exact) mass is 291 g/mol. The van der Waals surface area contributed by atoms with Gasteiger partial charge in [0, 0.05) is 36.3 Å². The Morgan fingerprint density at radius 3 is 2.86 bits per heavy atom. The van der Waals surface area contributed by atoms with Gasteiger partial charge in [-0.25, -0.2) is 0 Å². The fourth-order valence-electron chi connectivity index (χ4n) is 2.95. The van der Waals surface area contributed by atoms with Crippen molar-refractivity contribution in [2.75, 3.05) is 13.1 Å². The van der Waals surface area contributed by atoms with Gasteiger partial charge in [-0.2, -0.15) is 0 Å². The standard InChI is InChI=1S/C15H21N3O3/c1-10-6-7-17(12(8-10)9-16)15(19)13-4-3-5-14(11(13)2)18(20)21/h3-5,10,12H,6-9,16H2,1-2H3. The zero-order valence-electron chi connectivity index (χ0n) is 12.4. The summed E-state index contributed by atoms with van der Waals surface area (Å²) in [6.07, 6.45) is 1.83. The quantitative estimate of drug-likeness (QED) is 0.682. The molecule has 2 rings (SSSR count). The van der Waals surface area contributed by atoms with Crippen molar-refractivity contribution in [3.8, 4) is 0 Å². The van der Waals surface area contributed by atoms with E-state index in [0.29, 0.717) is 30.1 Å². The smallest absolute Gasteiger partial charge is 0.273 e. The second-order valence-electron chi connectivity index (χ2n) is 5.72. The first kappa shape index (κ1) is 15.4. The highest BCUT2D eigenvalue weighted by Crippen LogP contribution is 2.27. The maximum atomic E-state index is 12.7. The second kappa shape index (κ2) is 6.22. The van der Waals surface area contributed by atoms with Crippen molar-refractivity contribution in [2.45, 2.75) is 32.7 Å². The van der Waals surface area contributed by atoms with Crippen LogP contribution in [0.2, 0.25) is 0 Å². The first-order valence-electron chi connectivity index (χ1n) is 7.20. The van der Waals surface area contributed by atoms with Crippen LogP contribution in [0.4, 0.5) is 5.69 Å². The summed E-state index contributed by atoms with van der Waals surface area (Å²) in [5, 5.41) is 11.0. The van der Waals surface area contributed by atoms with Crippen molar-refractivity contribution in [2.24, 2.45) is 11.7 Å². The van der Waals surface area contributed by atoms with Gasteiger partial charge in [-0.15, -0.1) is 0 Å². The molecule has 1 aromatic carbocycles. The molecule has 0 radical (unpaired) electrons. The number of benzene rings is 1. The number of nitrogens with two attached hydrogens (primary N) is 1. The number of nitro groups is 1. The Morgan fingerprint density at radius 2 is 2.24 bits per heavy atom. The number of carbonyl (C=O) groups is 1. The SMILES string of the molecule is Cc1c(C(=O)N2CCC(C)CC2CN)cccc1[N+](=O)[O-]. The van der Waals surface area contributed by atoms with Crippen LogP contribution in [0.5, 0.6) is 0 Å². The number of piperidine rings is 1. The predicted octanol–water partition coefficient (Wildman–Crippen LogP) is 2.10. The third-order valence-electron chi connectivity index (χ3n) is 4.24. The molecule has 1 amide bonds. The Labute approximate surface area is 124 Å². The minimum absolute atomic E-state index is 0.0138. The number of hydrogen-bond donors (Lipinski definition) is 1. The van der Waals surface area contributed by atoms with Gasteiger partial charge >= 0.3 is 0 Å². The number of nitro benzene ring substituents is 1. The maximum Gasteiger partial charge on any atom is 0.273 e. The van der Waals surface area contributed by atoms with E-state index >= 15 is 0 Å². The Bertz CT molecular complexity index is 559. The number of carbonyl (C=O) groups excluding carboxylic acids is 1. The van der Waals surface area contributed by atoms with Gasteiger partial charge in [0.25, 0.3) is 11.6 Å². The minimum atomic E-state index is -0.454. The van der Waals surface area contributed by atoms with Crippen molar-refractivity contribution in [1.29, 1.82) is 0 Å². The lowest BCUT2D eigenvalue weighted by molar-refractivity contribution is -0.385. The first-order chi connectivity index (χ1) is 9.95. The molecule has 1 fully saturated rings. The van der Waals surface area contributed by atoms with E-state index in [0.717, 1.165) is 12.8 Å². The van der Waals surface area contributed by atoms with E-state index in [1.807, 2.05) is 0 Å². The third-order valence-corrected chi connectivity index (χ3v) is 4.24. The van der Waals surface area contributed by atoms with E-state index in [2.05, 4.69) is 6.92 Å². The number of amides is 1. The molecular weight excluding hydrogens is 270 g/mol. The Morgan fingerprint density at radius 1 is 1.52 bits per heavy atom. The molecule has 1 heterocycles. The van der Waals surface area contributed by atoms with Crippen LogP contribution in [0.25, 0.3) is 0 Å². The highest BCUT2D eigenvalue weighted by molar-refractivity contribution is 5.96. The molecule has 1 aliphatic heterocycles. The van der Waals surface area contributed by atoms with E-state index in [1.165, 1.54) is 6.07 Å². The van der Waals surface area contributed by atoms with E-state index in [4.69, 9.17) is 5.73 Å². The molecule has 2 N–H and O–H groups in total. The van der Waals surface area contributed by atoms with Crippen LogP contribution >= 0.6 is 0 Å². The van der Waals surface area contributed by atoms with Crippen molar-refractivity contribution in [3.63, 3.8) is 0 Å². The van der Waals surface area contributed by atoms with Gasteiger partial charge in [0.15, 0.2) is 0 Å². The predicted molar refractivity (Wildman–Crippen MR) is 80.1 cm³/mol. The second-order valence-corrected chi connectivity index (χ2v) is 5.72. The lowest BCUT2D eigenvalue weighted by Gasteiger charge is -2.38. The maximum absolute atomic E-state index is 12.7. The average molecular weight is 291 g/mol.